The molecule has 14 aromatic rings. The summed E-state index contributed by atoms with van der Waals surface area (Å²) < 4.78 is 55.2. The number of carbonyl (C=O) groups is 6. The molecule has 0 unspecified atom stereocenters. The number of benzene rings is 8. The molecule has 0 bridgehead atoms. The number of nitrogens with one attached hydrogen (secondary N) is 1. The largest absolute Gasteiger partial charge is 0.507 e. The number of phenols is 4. The number of aromatic nitrogens is 9. The first-order valence-electron chi connectivity index (χ1n) is 41.5. The quantitative estimate of drug-likeness (QED) is 0.0158. The van der Waals surface area contributed by atoms with Gasteiger partial charge in [0.15, 0.2) is 34.4 Å². The maximum absolute atomic E-state index is 14.3. The molecule has 3 saturated heterocycles. The number of methoxy groups -OCH3 is 5. The van der Waals surface area contributed by atoms with E-state index in [0.29, 0.717) is 181 Å². The number of carbonyl (C=O) groups excluding carboxylic acids is 6. The molecular weight excluding hydrogens is 1830 g/mol. The number of aromatic hydroxyl groups is 4. The van der Waals surface area contributed by atoms with E-state index in [1.165, 1.54) is 76.1 Å². The number of hydroxylamine groups is 1. The van der Waals surface area contributed by atoms with Crippen molar-refractivity contribution in [3.05, 3.63) is 267 Å². The molecule has 136 heavy (non-hydrogen) atoms. The van der Waals surface area contributed by atoms with Crippen molar-refractivity contribution in [1.82, 2.24) is 65.6 Å². The summed E-state index contributed by atoms with van der Waals surface area (Å²) in [5.74, 6) is 4.00. The first-order valence-corrected chi connectivity index (χ1v) is 42.6. The van der Waals surface area contributed by atoms with E-state index in [2.05, 4.69) is 56.0 Å². The lowest BCUT2D eigenvalue weighted by molar-refractivity contribution is 0.0591. The highest BCUT2D eigenvalue weighted by molar-refractivity contribution is 6.33. The summed E-state index contributed by atoms with van der Waals surface area (Å²) in [6.07, 6.45) is 8.25. The van der Waals surface area contributed by atoms with E-state index in [4.69, 9.17) is 87.2 Å². The predicted molar refractivity (Wildman–Crippen MR) is 493 cm³/mol. The normalized spacial score (nSPS) is 12.9. The van der Waals surface area contributed by atoms with Gasteiger partial charge in [-0.05, 0) is 82.4 Å². The van der Waals surface area contributed by atoms with Crippen LogP contribution in [0.15, 0.2) is 221 Å². The van der Waals surface area contributed by atoms with Gasteiger partial charge in [-0.25, -0.2) is 50.9 Å². The van der Waals surface area contributed by atoms with Gasteiger partial charge in [-0.15, -0.1) is 0 Å². The van der Waals surface area contributed by atoms with Gasteiger partial charge in [0.1, 0.15) is 65.0 Å². The third-order valence-electron chi connectivity index (χ3n) is 21.9. The number of halogens is 3. The first-order chi connectivity index (χ1) is 66.0. The van der Waals surface area contributed by atoms with Crippen LogP contribution in [0.2, 0.25) is 15.1 Å². The highest BCUT2D eigenvalue weighted by atomic mass is 35.5. The van der Waals surface area contributed by atoms with Gasteiger partial charge in [-0.3, -0.25) is 24.4 Å². The molecule has 9 N–H and O–H groups in total. The Morgan fingerprint density at radius 1 is 0.375 bits per heavy atom. The van der Waals surface area contributed by atoms with Crippen molar-refractivity contribution in [2.24, 2.45) is 5.90 Å². The van der Waals surface area contributed by atoms with Crippen LogP contribution in [0.5, 0.6) is 51.7 Å². The SMILES string of the molecule is COC(=O)c1cnc(N2CCN(C(=O)c3noc(-c4cc(Cl)c(O)cc4O)c3-c3ccc(OC)cc3)CC2)nc1.COC(=O)c1cnc(N2CCN(C(=O)c3noc(-c4cc(Cl)c(OCc5ccccc5)cc4OCc4ccccc4)c3-c3ccc(OC)cc3)CC2)nc1.COc1ccc(-c2c(C(=O)N3CCN(c4ncc(C(=O)NO)cn4)CC3)noc2-c2cc(Cl)c(O)cc2O)cc1.NO. The average Bonchev–Trinajstić information content (AvgIpc) is 1.60. The van der Waals surface area contributed by atoms with E-state index in [1.54, 1.807) is 89.6 Å². The zero-order valence-electron chi connectivity index (χ0n) is 73.2. The molecule has 0 aliphatic carbocycles. The Morgan fingerprint density at radius 2 is 0.676 bits per heavy atom. The molecule has 0 atom stereocenters. The number of nitrogens with zero attached hydrogens (tertiary/aromatic N) is 15. The number of hydrogen-bond donors (Lipinski definition) is 8. The number of nitrogens with two attached hydrogens (primary N) is 1. The van der Waals surface area contributed by atoms with E-state index < -0.39 is 17.8 Å². The molecule has 17 rings (SSSR count). The molecule has 700 valence electrons. The number of esters is 2. The van der Waals surface area contributed by atoms with E-state index in [-0.39, 0.29) is 114 Å². The Labute approximate surface area is 789 Å². The summed E-state index contributed by atoms with van der Waals surface area (Å²) >= 11 is 19.1. The van der Waals surface area contributed by atoms with Gasteiger partial charge in [0.25, 0.3) is 23.6 Å². The molecule has 9 heterocycles. The summed E-state index contributed by atoms with van der Waals surface area (Å²) in [5, 5.41) is 69.0. The minimum absolute atomic E-state index is 0.00397. The molecule has 6 aromatic heterocycles. The van der Waals surface area contributed by atoms with Gasteiger partial charge >= 0.3 is 11.9 Å². The maximum Gasteiger partial charge on any atom is 0.341 e. The van der Waals surface area contributed by atoms with Crippen molar-refractivity contribution in [2.45, 2.75) is 13.2 Å². The van der Waals surface area contributed by atoms with Crippen molar-refractivity contribution in [1.29, 1.82) is 0 Å². The second-order valence-electron chi connectivity index (χ2n) is 29.9. The minimum atomic E-state index is -0.718. The van der Waals surface area contributed by atoms with E-state index >= 15 is 0 Å². The van der Waals surface area contributed by atoms with Crippen LogP contribution in [0, 0.1) is 0 Å². The molecule has 0 spiro atoms. The summed E-state index contributed by atoms with van der Waals surface area (Å²) in [4.78, 5) is 113. The topological polar surface area (TPSA) is 501 Å². The van der Waals surface area contributed by atoms with Crippen LogP contribution in [-0.2, 0) is 22.7 Å². The summed E-state index contributed by atoms with van der Waals surface area (Å²) in [6.45, 7) is 5.27. The fourth-order valence-corrected chi connectivity index (χ4v) is 15.2. The van der Waals surface area contributed by atoms with Crippen LogP contribution in [0.4, 0.5) is 17.8 Å². The fraction of sp³-hybridized carbons (Fsp3) is 0.202. The number of rotatable bonds is 24. The molecule has 39 nitrogen and oxygen atoms in total. The minimum Gasteiger partial charge on any atom is -0.507 e. The number of phenolic OH excluding ortho intramolecular Hbond substituents is 4. The molecule has 42 heteroatoms. The standard InChI is InChI=1S/C41H36ClN5O7.C27H24ClN5O7.C26H23ClN6O7.H3NO/c1-50-31-15-13-29(14-16-31)36-37(39(48)46-17-19-47(20-18-46)41-43-23-30(24-44-41)40(49)51-2)45-54-38(36)32-21-33(42)35(53-26-28-11-7-4-8-12-28)22-34(32)52-25-27-9-5-3-6-10-27;1-38-17-5-3-15(4-6-17)22-23(31-40-24(22)18-11-19(28)21(35)12-20(18)34)25(36)32-7-9-33(10-8-32)27-29-13-16(14-30-27)26(37)39-2;1-39-16-4-2-14(3-5-16)21-22(31-40-23(21)17-10-18(27)20(35)11-19(17)34)25(37)32-6-8-33(9-7-32)26-28-12-15(13-29-26)24(36)30-38;1-2/h3-16,21-24H,17-20,25-26H2,1-2H3;3-6,11-14,34-35H,7-10H2,1-2H3;2-5,10-13,34-35,38H,6-9H2,1H3,(H,30,36);2H,1H2. The van der Waals surface area contributed by atoms with Gasteiger partial charge in [0, 0.05) is 134 Å². The van der Waals surface area contributed by atoms with Crippen LogP contribution in [0.1, 0.15) is 73.7 Å². The molecule has 8 aromatic carbocycles. The monoisotopic (exact) mass is 1910 g/mol. The predicted octanol–water partition coefficient (Wildman–Crippen LogP) is 13.3. The number of hydrogen-bond acceptors (Lipinski definition) is 35. The smallest absolute Gasteiger partial charge is 0.341 e. The van der Waals surface area contributed by atoms with Crippen LogP contribution in [0.25, 0.3) is 67.4 Å². The Kier molecular flexibility index (Phi) is 31.3. The van der Waals surface area contributed by atoms with Gasteiger partial charge in [0.05, 0.1) is 101 Å². The molecule has 0 radical (unpaired) electrons. The molecule has 3 aliphatic rings. The van der Waals surface area contributed by atoms with Crippen molar-refractivity contribution >= 4 is 88.2 Å². The third kappa shape index (κ3) is 21.9. The van der Waals surface area contributed by atoms with Gasteiger partial charge in [0.2, 0.25) is 17.8 Å². The Bertz CT molecular complexity index is 6320. The lowest BCUT2D eigenvalue weighted by atomic mass is 9.98. The summed E-state index contributed by atoms with van der Waals surface area (Å²) in [5.41, 5.74) is 8.15. The van der Waals surface area contributed by atoms with Gasteiger partial charge in [-0.2, -0.15) is 0 Å². The lowest BCUT2D eigenvalue weighted by Crippen LogP contribution is -2.49. The van der Waals surface area contributed by atoms with Crippen molar-refractivity contribution < 1.29 is 106 Å². The summed E-state index contributed by atoms with van der Waals surface area (Å²) in [6, 6.07) is 49.1. The van der Waals surface area contributed by atoms with Crippen LogP contribution < -0.4 is 49.8 Å². The highest BCUT2D eigenvalue weighted by Crippen LogP contribution is 2.48. The Morgan fingerprint density at radius 3 is 0.985 bits per heavy atom. The van der Waals surface area contributed by atoms with Gasteiger partial charge < -0.3 is 102 Å². The van der Waals surface area contributed by atoms with E-state index in [1.807, 2.05) is 99.6 Å². The van der Waals surface area contributed by atoms with E-state index in [9.17, 15) is 49.2 Å². The second kappa shape index (κ2) is 44.3. The van der Waals surface area contributed by atoms with Crippen LogP contribution in [-0.4, -0.2) is 241 Å². The number of ether oxygens (including phenoxy) is 7. The maximum atomic E-state index is 14.3. The molecule has 4 amide bonds. The lowest BCUT2D eigenvalue weighted by Gasteiger charge is -2.34. The second-order valence-corrected chi connectivity index (χ2v) is 31.2. The summed E-state index contributed by atoms with van der Waals surface area (Å²) in [7, 11) is 7.26. The van der Waals surface area contributed by atoms with Gasteiger partial charge in [-0.1, -0.05) is 147 Å². The number of piperazine rings is 3. The number of amides is 4. The molecular formula is C94H86Cl3N17O22. The average molecular weight is 1910 g/mol. The molecule has 0 saturated carbocycles. The molecule has 3 aliphatic heterocycles. The first kappa shape index (κ1) is 95.9. The highest BCUT2D eigenvalue weighted by Gasteiger charge is 2.37. The fourth-order valence-electron chi connectivity index (χ4n) is 14.7. The zero-order valence-corrected chi connectivity index (χ0v) is 75.4. The zero-order chi connectivity index (χ0) is 96.2. The van der Waals surface area contributed by atoms with E-state index in [0.717, 1.165) is 23.3 Å². The Hall–Kier alpha value is -16.2. The van der Waals surface area contributed by atoms with Crippen molar-refractivity contribution in [3.8, 4) is 119 Å². The van der Waals surface area contributed by atoms with Crippen LogP contribution in [0.3, 0.4) is 0 Å². The van der Waals surface area contributed by atoms with Crippen LogP contribution >= 0.6 is 34.8 Å². The van der Waals surface area contributed by atoms with Crippen molar-refractivity contribution in [2.75, 3.05) is 129 Å². The third-order valence-corrected chi connectivity index (χ3v) is 22.8. The Balaban J connectivity index is 0.000000164. The van der Waals surface area contributed by atoms with Crippen molar-refractivity contribution in [3.63, 3.8) is 0 Å². The number of anilines is 3. The molecule has 3 fully saturated rings.